The van der Waals surface area contributed by atoms with Crippen LogP contribution in [0.5, 0.6) is 0 Å². The Morgan fingerprint density at radius 2 is 1.67 bits per heavy atom. The normalized spacial score (nSPS) is 15.2. The van der Waals surface area contributed by atoms with Crippen LogP contribution in [0.25, 0.3) is 0 Å². The van der Waals surface area contributed by atoms with E-state index in [1.165, 1.54) is 0 Å². The van der Waals surface area contributed by atoms with Gasteiger partial charge in [-0.3, -0.25) is 0 Å². The molecule has 0 aromatic heterocycles. The molecule has 1 aromatic carbocycles. The van der Waals surface area contributed by atoms with Gasteiger partial charge >= 0.3 is 19.1 Å². The molecule has 4 nitrogen and oxygen atoms in total. The zero-order valence-corrected chi connectivity index (χ0v) is 7.20. The molecular formula is C8H3BF2O4. The van der Waals surface area contributed by atoms with Crippen LogP contribution in [0, 0.1) is 11.6 Å². The monoisotopic (exact) mass is 212 g/mol. The maximum atomic E-state index is 13.1. The lowest BCUT2D eigenvalue weighted by Crippen LogP contribution is -2.34. The Kier molecular flexibility index (Phi) is 2.14. The molecule has 1 fully saturated rings. The molecule has 15 heavy (non-hydrogen) atoms. The first-order valence-electron chi connectivity index (χ1n) is 3.94. The molecule has 1 aromatic rings. The summed E-state index contributed by atoms with van der Waals surface area (Å²) < 4.78 is 34.5. The average molecular weight is 212 g/mol. The molecule has 0 aliphatic carbocycles. The second-order valence-corrected chi connectivity index (χ2v) is 2.81. The summed E-state index contributed by atoms with van der Waals surface area (Å²) >= 11 is 0. The summed E-state index contributed by atoms with van der Waals surface area (Å²) in [5.74, 6) is -4.10. The van der Waals surface area contributed by atoms with Crippen molar-refractivity contribution in [3.05, 3.63) is 29.8 Å². The first-order chi connectivity index (χ1) is 7.08. The van der Waals surface area contributed by atoms with E-state index in [2.05, 4.69) is 9.31 Å². The van der Waals surface area contributed by atoms with Gasteiger partial charge in [-0.25, -0.2) is 18.4 Å². The van der Waals surface area contributed by atoms with Crippen molar-refractivity contribution in [2.24, 2.45) is 0 Å². The van der Waals surface area contributed by atoms with E-state index in [9.17, 15) is 18.4 Å². The molecule has 76 valence electrons. The van der Waals surface area contributed by atoms with Gasteiger partial charge in [0.1, 0.15) is 11.6 Å². The molecule has 1 heterocycles. The minimum absolute atomic E-state index is 0.199. The fraction of sp³-hybridized carbons (Fsp3) is 0. The van der Waals surface area contributed by atoms with Gasteiger partial charge in [-0.05, 0) is 6.07 Å². The van der Waals surface area contributed by atoms with Gasteiger partial charge in [0.05, 0.1) is 0 Å². The first-order valence-corrected chi connectivity index (χ1v) is 3.94. The summed E-state index contributed by atoms with van der Waals surface area (Å²) in [5, 5.41) is 0. The molecule has 0 radical (unpaired) electrons. The summed E-state index contributed by atoms with van der Waals surface area (Å²) in [4.78, 5) is 21.3. The van der Waals surface area contributed by atoms with Crippen LogP contribution in [0.3, 0.4) is 0 Å². The number of hydrogen-bond donors (Lipinski definition) is 0. The topological polar surface area (TPSA) is 52.6 Å². The molecule has 0 unspecified atom stereocenters. The molecule has 0 atom stereocenters. The first kappa shape index (κ1) is 9.63. The zero-order valence-electron chi connectivity index (χ0n) is 7.20. The lowest BCUT2D eigenvalue weighted by atomic mass is 9.79. The molecule has 0 saturated carbocycles. The third-order valence-electron chi connectivity index (χ3n) is 1.81. The highest BCUT2D eigenvalue weighted by molar-refractivity contribution is 6.71. The summed E-state index contributed by atoms with van der Waals surface area (Å²) in [5.41, 5.74) is -0.199. The molecule has 0 bridgehead atoms. The number of hydrogen-bond acceptors (Lipinski definition) is 4. The molecular weight excluding hydrogens is 209 g/mol. The molecule has 7 heteroatoms. The lowest BCUT2D eigenvalue weighted by Gasteiger charge is -2.03. The molecule has 0 N–H and O–H groups in total. The van der Waals surface area contributed by atoms with E-state index in [0.29, 0.717) is 6.07 Å². The van der Waals surface area contributed by atoms with Crippen molar-refractivity contribution in [2.75, 3.05) is 0 Å². The fourth-order valence-corrected chi connectivity index (χ4v) is 1.13. The zero-order chi connectivity index (χ0) is 11.0. The molecule has 1 aliphatic rings. The van der Waals surface area contributed by atoms with Crippen molar-refractivity contribution >= 4 is 24.5 Å². The summed E-state index contributed by atoms with van der Waals surface area (Å²) in [6, 6.07) is 2.62. The molecule has 1 aliphatic heterocycles. The van der Waals surface area contributed by atoms with Gasteiger partial charge in [-0.1, -0.05) is 6.07 Å². The van der Waals surface area contributed by atoms with Gasteiger partial charge in [-0.2, -0.15) is 0 Å². The Morgan fingerprint density at radius 3 is 2.20 bits per heavy atom. The van der Waals surface area contributed by atoms with E-state index in [0.717, 1.165) is 12.1 Å². The number of benzene rings is 1. The van der Waals surface area contributed by atoms with Gasteiger partial charge in [0, 0.05) is 11.5 Å². The Balaban J connectivity index is 2.31. The predicted molar refractivity (Wildman–Crippen MR) is 43.9 cm³/mol. The molecule has 0 amide bonds. The highest BCUT2D eigenvalue weighted by Crippen LogP contribution is 2.07. The molecule has 0 spiro atoms. The maximum absolute atomic E-state index is 13.1. The van der Waals surface area contributed by atoms with E-state index in [4.69, 9.17) is 0 Å². The number of rotatable bonds is 1. The van der Waals surface area contributed by atoms with Crippen LogP contribution in [-0.2, 0) is 18.9 Å². The van der Waals surface area contributed by atoms with E-state index < -0.39 is 30.7 Å². The van der Waals surface area contributed by atoms with E-state index >= 15 is 0 Å². The molecule has 1 saturated heterocycles. The minimum atomic E-state index is -1.43. The maximum Gasteiger partial charge on any atom is 0.640 e. The van der Waals surface area contributed by atoms with Crippen molar-refractivity contribution < 1.29 is 27.7 Å². The number of carbonyl (C=O) groups excluding carboxylic acids is 2. The van der Waals surface area contributed by atoms with E-state index in [1.54, 1.807) is 0 Å². The van der Waals surface area contributed by atoms with E-state index in [-0.39, 0.29) is 5.46 Å². The van der Waals surface area contributed by atoms with Crippen molar-refractivity contribution in [1.82, 2.24) is 0 Å². The minimum Gasteiger partial charge on any atom is -0.487 e. The Labute approximate surface area is 82.9 Å². The van der Waals surface area contributed by atoms with Gasteiger partial charge in [-0.15, -0.1) is 0 Å². The van der Waals surface area contributed by atoms with Crippen molar-refractivity contribution in [2.45, 2.75) is 0 Å². The van der Waals surface area contributed by atoms with Crippen LogP contribution in [-0.4, -0.2) is 19.1 Å². The SMILES string of the molecule is O=C1OB(c2ccc(F)cc2F)OC1=O. The van der Waals surface area contributed by atoms with Crippen LogP contribution in [0.2, 0.25) is 0 Å². The summed E-state index contributed by atoms with van der Waals surface area (Å²) in [6.45, 7) is 0. The van der Waals surface area contributed by atoms with Gasteiger partial charge < -0.3 is 9.31 Å². The lowest BCUT2D eigenvalue weighted by molar-refractivity contribution is -0.150. The fourth-order valence-electron chi connectivity index (χ4n) is 1.13. The smallest absolute Gasteiger partial charge is 0.487 e. The van der Waals surface area contributed by atoms with Crippen LogP contribution < -0.4 is 5.46 Å². The highest BCUT2D eigenvalue weighted by atomic mass is 19.1. The van der Waals surface area contributed by atoms with E-state index in [1.807, 2.05) is 0 Å². The summed E-state index contributed by atoms with van der Waals surface area (Å²) in [6.07, 6.45) is 0. The third kappa shape index (κ3) is 1.68. The van der Waals surface area contributed by atoms with Crippen LogP contribution in [0.4, 0.5) is 8.78 Å². The van der Waals surface area contributed by atoms with Crippen LogP contribution in [0.15, 0.2) is 18.2 Å². The largest absolute Gasteiger partial charge is 0.640 e. The van der Waals surface area contributed by atoms with Gasteiger partial charge in [0.2, 0.25) is 0 Å². The number of halogens is 2. The van der Waals surface area contributed by atoms with Gasteiger partial charge in [0.25, 0.3) is 0 Å². The van der Waals surface area contributed by atoms with Crippen LogP contribution >= 0.6 is 0 Å². The molecule has 2 rings (SSSR count). The predicted octanol–water partition coefficient (Wildman–Crippen LogP) is -0.240. The number of carbonyl (C=O) groups is 2. The average Bonchev–Trinajstić information content (AvgIpc) is 2.46. The van der Waals surface area contributed by atoms with Crippen molar-refractivity contribution in [3.63, 3.8) is 0 Å². The standard InChI is InChI=1S/C8H3BF2O4/c10-4-1-2-5(6(11)3-4)9-14-7(12)8(13)15-9/h1-3H. The second kappa shape index (κ2) is 3.34. The van der Waals surface area contributed by atoms with Crippen LogP contribution in [0.1, 0.15) is 0 Å². The quantitative estimate of drug-likeness (QED) is 0.476. The Hall–Kier alpha value is -1.92. The second-order valence-electron chi connectivity index (χ2n) is 2.81. The summed E-state index contributed by atoms with van der Waals surface area (Å²) in [7, 11) is -1.43. The van der Waals surface area contributed by atoms with Crippen molar-refractivity contribution in [3.8, 4) is 0 Å². The highest BCUT2D eigenvalue weighted by Gasteiger charge is 2.43. The Morgan fingerprint density at radius 1 is 1.07 bits per heavy atom. The van der Waals surface area contributed by atoms with Gasteiger partial charge in [0.15, 0.2) is 0 Å². The third-order valence-corrected chi connectivity index (χ3v) is 1.81. The Bertz CT molecular complexity index is 432. The van der Waals surface area contributed by atoms with Crippen molar-refractivity contribution in [1.29, 1.82) is 0 Å².